The van der Waals surface area contributed by atoms with Crippen molar-refractivity contribution in [2.45, 2.75) is 171 Å². The largest absolute Gasteiger partial charge is 0.481 e. The van der Waals surface area contributed by atoms with Crippen molar-refractivity contribution >= 4 is 90.0 Å². The molecule has 0 bridgehead atoms. The van der Waals surface area contributed by atoms with Crippen LogP contribution in [0.25, 0.3) is 21.1 Å². The lowest BCUT2D eigenvalue weighted by molar-refractivity contribution is -0.144. The number of amides is 7. The number of nitrogens with one attached hydrogen (secondary N) is 5. The molecule has 0 spiro atoms. The smallest absolute Gasteiger partial charge is 0.317 e. The van der Waals surface area contributed by atoms with Crippen molar-refractivity contribution < 1.29 is 69.8 Å². The van der Waals surface area contributed by atoms with Gasteiger partial charge in [0.1, 0.15) is 41.4 Å². The van der Waals surface area contributed by atoms with Crippen LogP contribution in [0.3, 0.4) is 0 Å². The summed E-state index contributed by atoms with van der Waals surface area (Å²) in [6, 6.07) is 7.39. The normalized spacial score (nSPS) is 25.1. The van der Waals surface area contributed by atoms with E-state index in [2.05, 4.69) is 53.8 Å². The van der Waals surface area contributed by atoms with Gasteiger partial charge in [-0.2, -0.15) is 9.97 Å². The van der Waals surface area contributed by atoms with Crippen molar-refractivity contribution in [2.24, 2.45) is 40.2 Å². The number of sulfonamides is 2. The van der Waals surface area contributed by atoms with Crippen LogP contribution in [-0.4, -0.2) is 171 Å². The van der Waals surface area contributed by atoms with Gasteiger partial charge < -0.3 is 46.1 Å². The first-order valence-corrected chi connectivity index (χ1v) is 36.8. The van der Waals surface area contributed by atoms with Crippen molar-refractivity contribution in [1.82, 2.24) is 55.1 Å². The molecule has 2 unspecified atom stereocenters. The Bertz CT molecular complexity index is 3790. The van der Waals surface area contributed by atoms with Crippen LogP contribution >= 0.6 is 22.7 Å². The Morgan fingerprint density at radius 3 is 1.51 bits per heavy atom. The van der Waals surface area contributed by atoms with Crippen molar-refractivity contribution in [2.75, 3.05) is 19.3 Å². The Balaban J connectivity index is 0.000000203. The maximum atomic E-state index is 14.2. The van der Waals surface area contributed by atoms with Crippen LogP contribution in [0.4, 0.5) is 0 Å². The number of aromatic nitrogens is 4. The summed E-state index contributed by atoms with van der Waals surface area (Å²) in [5.74, 6) is -4.86. The van der Waals surface area contributed by atoms with Gasteiger partial charge in [0.05, 0.1) is 51.8 Å². The molecule has 0 aromatic carbocycles. The second-order valence-electron chi connectivity index (χ2n) is 27.7. The van der Waals surface area contributed by atoms with E-state index in [-0.39, 0.29) is 56.7 Å². The van der Waals surface area contributed by atoms with Crippen LogP contribution in [0, 0.1) is 34.5 Å². The number of aliphatic carboxylic acids is 1. The summed E-state index contributed by atoms with van der Waals surface area (Å²) in [7, 11) is -7.74. The van der Waals surface area contributed by atoms with E-state index in [1.54, 1.807) is 24.5 Å². The van der Waals surface area contributed by atoms with Crippen LogP contribution in [-0.2, 0) is 58.4 Å². The van der Waals surface area contributed by atoms with Crippen LogP contribution < -0.4 is 40.6 Å². The summed E-state index contributed by atoms with van der Waals surface area (Å²) in [6.07, 6.45) is 12.0. The van der Waals surface area contributed by atoms with E-state index in [1.165, 1.54) is 44.6 Å². The zero-order valence-electron chi connectivity index (χ0n) is 54.1. The number of nitrogens with two attached hydrogens (primary N) is 1. The molecule has 10 atom stereocenters. The van der Waals surface area contributed by atoms with Crippen LogP contribution in [0.15, 0.2) is 84.9 Å². The van der Waals surface area contributed by atoms with Crippen LogP contribution in [0.2, 0.25) is 0 Å². The number of rotatable bonds is 24. The highest BCUT2D eigenvalue weighted by Crippen LogP contribution is 2.47. The average molecular weight is 1390 g/mol. The number of carbonyl (C=O) groups is 8. The van der Waals surface area contributed by atoms with E-state index in [1.807, 2.05) is 81.3 Å². The van der Waals surface area contributed by atoms with Gasteiger partial charge in [0.2, 0.25) is 49.6 Å². The molecule has 8 N–H and O–H groups in total. The zero-order valence-corrected chi connectivity index (χ0v) is 57.4. The van der Waals surface area contributed by atoms with Gasteiger partial charge in [-0.3, -0.25) is 47.8 Å². The maximum Gasteiger partial charge on any atom is 0.317 e. The molecular weight excluding hydrogens is 1310 g/mol. The minimum Gasteiger partial charge on any atom is -0.481 e. The molecule has 27 nitrogen and oxygen atoms in total. The average Bonchev–Trinajstić information content (AvgIpc) is 1.58. The van der Waals surface area contributed by atoms with Crippen LogP contribution in [0.1, 0.15) is 119 Å². The van der Waals surface area contributed by atoms with E-state index < -0.39 is 137 Å². The number of hydrogen-bond donors (Lipinski definition) is 7. The molecule has 5 saturated carbocycles. The quantitative estimate of drug-likeness (QED) is 0.0475. The highest BCUT2D eigenvalue weighted by atomic mass is 32.2. The first kappa shape index (κ1) is 71.6. The lowest BCUT2D eigenvalue weighted by Crippen LogP contribution is -2.60. The SMILES string of the molecule is C=CC1C[C@]1(NC(=O)[C@@H]1C[C@@H](Oc2nccc(-c3cccs3)n2)CN1C(=O)[C@@H](N)C(C)(C)C)C(=O)NS(=O)(=O)C1CC1.C=CC1C[C@]1(NC(=O)[C@@H]1C[C@@H](Oc2nccc(-c3cccs3)n2)CN1C(=O)[C@@H](NC(=O)CC1CC1)C(C)(C)C)C(=O)NS(C)(=O)=O.O=C(O)CC1CC1. The number of nitrogens with zero attached hydrogens (tertiary/aromatic N) is 6. The third-order valence-corrected chi connectivity index (χ3v) is 21.7. The Morgan fingerprint density at radius 2 is 1.14 bits per heavy atom. The number of thiophene rings is 2. The monoisotopic (exact) mass is 1390 g/mol. The number of hydrogen-bond acceptors (Lipinski definition) is 21. The third kappa shape index (κ3) is 18.2. The van der Waals surface area contributed by atoms with Gasteiger partial charge >= 0.3 is 18.0 Å². The molecule has 6 heterocycles. The van der Waals surface area contributed by atoms with E-state index in [4.69, 9.17) is 20.3 Å². The van der Waals surface area contributed by atoms with Gasteiger partial charge in [0, 0.05) is 49.9 Å². The predicted octanol–water partition coefficient (Wildman–Crippen LogP) is 4.49. The molecule has 5 aliphatic carbocycles. The van der Waals surface area contributed by atoms with Crippen molar-refractivity contribution in [3.05, 3.63) is 84.9 Å². The minimum atomic E-state index is -3.91. The fourth-order valence-corrected chi connectivity index (χ4v) is 14.6. The molecule has 31 heteroatoms. The fraction of sp³-hybridized carbons (Fsp3) is 0.562. The highest BCUT2D eigenvalue weighted by Gasteiger charge is 2.63. The van der Waals surface area contributed by atoms with Gasteiger partial charge in [0.15, 0.2) is 0 Å². The molecule has 7 aliphatic rings. The van der Waals surface area contributed by atoms with Gasteiger partial charge in [-0.25, -0.2) is 26.8 Å². The predicted molar refractivity (Wildman–Crippen MR) is 352 cm³/mol. The van der Waals surface area contributed by atoms with Crippen LogP contribution in [0.5, 0.6) is 12.0 Å². The third-order valence-electron chi connectivity index (χ3n) is 17.6. The van der Waals surface area contributed by atoms with Crippen molar-refractivity contribution in [3.63, 3.8) is 0 Å². The second-order valence-corrected chi connectivity index (χ2v) is 33.3. The van der Waals surface area contributed by atoms with Crippen molar-refractivity contribution in [1.29, 1.82) is 0 Å². The number of likely N-dealkylation sites (tertiary alicyclic amines) is 2. The first-order valence-electron chi connectivity index (χ1n) is 31.6. The van der Waals surface area contributed by atoms with Gasteiger partial charge in [-0.15, -0.1) is 35.8 Å². The number of carboxylic acids is 1. The first-order chi connectivity index (χ1) is 44.6. The van der Waals surface area contributed by atoms with E-state index in [0.717, 1.165) is 41.7 Å². The summed E-state index contributed by atoms with van der Waals surface area (Å²) in [5, 5.41) is 19.8. The molecule has 514 valence electrons. The molecule has 7 fully saturated rings. The summed E-state index contributed by atoms with van der Waals surface area (Å²) in [6.45, 7) is 18.5. The molecule has 0 radical (unpaired) electrons. The van der Waals surface area contributed by atoms with Gasteiger partial charge in [0.25, 0.3) is 11.8 Å². The summed E-state index contributed by atoms with van der Waals surface area (Å²) >= 11 is 3.03. The molecular formula is C64H84N12O15S4. The number of carboxylic acid groups (broad SMARTS) is 1. The molecule has 11 rings (SSSR count). The zero-order chi connectivity index (χ0) is 69.2. The Labute approximate surface area is 560 Å². The Hall–Kier alpha value is -7.74. The van der Waals surface area contributed by atoms with E-state index >= 15 is 0 Å². The summed E-state index contributed by atoms with van der Waals surface area (Å²) in [4.78, 5) is 127. The fourth-order valence-electron chi connectivity index (χ4n) is 11.3. The Morgan fingerprint density at radius 1 is 0.684 bits per heavy atom. The van der Waals surface area contributed by atoms with Crippen molar-refractivity contribution in [3.8, 4) is 33.2 Å². The lowest BCUT2D eigenvalue weighted by atomic mass is 9.85. The highest BCUT2D eigenvalue weighted by molar-refractivity contribution is 7.91. The molecule has 4 aromatic heterocycles. The van der Waals surface area contributed by atoms with Gasteiger partial charge in [-0.1, -0.05) is 65.8 Å². The maximum absolute atomic E-state index is 14.2. The number of carbonyl (C=O) groups excluding carboxylic acids is 7. The minimum absolute atomic E-state index is 0.0119. The summed E-state index contributed by atoms with van der Waals surface area (Å²) < 4.78 is 65.0. The molecule has 4 aromatic rings. The lowest BCUT2D eigenvalue weighted by Gasteiger charge is -2.35. The Kier molecular flexibility index (Phi) is 21.5. The molecule has 95 heavy (non-hydrogen) atoms. The second kappa shape index (κ2) is 28.5. The molecule has 2 aliphatic heterocycles. The molecule has 7 amide bonds. The number of ether oxygens (including phenoxy) is 2. The van der Waals surface area contributed by atoms with E-state index in [9.17, 15) is 55.2 Å². The molecule has 2 saturated heterocycles. The van der Waals surface area contributed by atoms with Gasteiger partial charge in [-0.05, 0) is 109 Å². The van der Waals surface area contributed by atoms with E-state index in [0.29, 0.717) is 48.9 Å². The topological polar surface area (TPSA) is 388 Å². The summed E-state index contributed by atoms with van der Waals surface area (Å²) in [5.41, 5.74) is 3.37. The standard InChI is InChI=1S/C31H40N6O7S2.C28H36N6O6S2.C5H8O2/c1-6-19-16-31(19,28(41)36-46(5,42)43)35-26(39)22-15-20(44-29-32-12-11-21(33-29)23-8-7-13-45-23)17-37(22)27(40)25(30(2,3)4)34-24(38)14-18-9-10-18;1-5-16-14-28(16,25(37)33-42(38,39)18-8-9-18)32-23(35)20-13-17(15-34(20)24(36)22(29)27(2,3)4)40-26-30-11-10-19(31-26)21-7-6-12-41-21;6-5(7)3-4-1-2-4/h6-8,11-13,18-20,22,25H,1,9-10,14-17H2,2-5H3,(H,34,38)(H,35,39)(H,36,41);5-7,10-12,16-18,20,22H,1,8-9,13-15,29H2,2-4H3,(H,32,35)(H,33,37);4H,1-3H2,(H,6,7)/t19?,20-,22+,25-,31-;16?,17-,20+,22-,28-;/m11./s1.